The molecule has 3 fully saturated rings. The number of hydrogen-bond donors (Lipinski definition) is 0. The van der Waals surface area contributed by atoms with E-state index in [-0.39, 0.29) is 22.7 Å². The number of piperidine rings is 1. The number of carbonyl (C=O) groups excluding carboxylic acids is 2. The number of allylic oxidation sites excluding steroid dienone is 3. The van der Waals surface area contributed by atoms with Crippen LogP contribution < -0.4 is 0 Å². The van der Waals surface area contributed by atoms with Gasteiger partial charge in [-0.1, -0.05) is 26.0 Å². The number of hydrogen-bond acceptors (Lipinski definition) is 2. The minimum atomic E-state index is -0.132. The molecule has 3 nitrogen and oxygen atoms in total. The lowest BCUT2D eigenvalue weighted by Crippen LogP contribution is -2.53. The van der Waals surface area contributed by atoms with Crippen molar-refractivity contribution in [3.05, 3.63) is 24.4 Å². The molecule has 1 saturated heterocycles. The van der Waals surface area contributed by atoms with Gasteiger partial charge in [0.05, 0.1) is 0 Å². The zero-order valence-electron chi connectivity index (χ0n) is 15.9. The Kier molecular flexibility index (Phi) is 3.79. The van der Waals surface area contributed by atoms with Crippen molar-refractivity contribution in [1.29, 1.82) is 0 Å². The quantitative estimate of drug-likeness (QED) is 0.700. The van der Waals surface area contributed by atoms with E-state index in [1.807, 2.05) is 18.0 Å². The molecule has 2 saturated carbocycles. The van der Waals surface area contributed by atoms with Gasteiger partial charge in [-0.05, 0) is 56.3 Å². The average molecular weight is 341 g/mol. The van der Waals surface area contributed by atoms with Crippen LogP contribution in [0.2, 0.25) is 0 Å². The van der Waals surface area contributed by atoms with Gasteiger partial charge < -0.3 is 4.90 Å². The zero-order chi connectivity index (χ0) is 18.0. The third kappa shape index (κ3) is 2.17. The van der Waals surface area contributed by atoms with Crippen molar-refractivity contribution >= 4 is 11.7 Å². The molecule has 4 aliphatic rings. The van der Waals surface area contributed by atoms with Crippen LogP contribution in [0.5, 0.6) is 0 Å². The lowest BCUT2D eigenvalue weighted by molar-refractivity contribution is -0.138. The smallest absolute Gasteiger partial charge is 0.226 e. The van der Waals surface area contributed by atoms with Crippen LogP contribution in [0.25, 0.3) is 0 Å². The van der Waals surface area contributed by atoms with Crippen molar-refractivity contribution in [3.63, 3.8) is 0 Å². The summed E-state index contributed by atoms with van der Waals surface area (Å²) in [6.07, 6.45) is 10.9. The molecule has 1 aliphatic heterocycles. The highest BCUT2D eigenvalue weighted by molar-refractivity contribution is 5.89. The molecule has 136 valence electrons. The predicted octanol–water partition coefficient (Wildman–Crippen LogP) is 4.35. The summed E-state index contributed by atoms with van der Waals surface area (Å²) in [5.74, 6) is 2.63. The van der Waals surface area contributed by atoms with Crippen LogP contribution in [0, 0.1) is 34.5 Å². The standard InChI is InChI=1S/C22H31NO2/c1-5-6-14-13-17-15-7-8-18-21(2,12-10-19(24)23(18)4)16(15)9-11-22(17,3)20(14)25/h5,8,14-17H,1,6-7,9-13H2,2-4H3/t14?,15-,16-,17+,21-,22+/m1/s1. The fourth-order valence-corrected chi connectivity index (χ4v) is 6.93. The Morgan fingerprint density at radius 1 is 1.24 bits per heavy atom. The maximum Gasteiger partial charge on any atom is 0.226 e. The SMILES string of the molecule is C=CCC1C[C@H]2[C@@H]3CC=C4N(C)C(=O)CC[C@]4(C)[C@@H]3CC[C@]2(C)C1=O. The molecule has 25 heavy (non-hydrogen) atoms. The number of amides is 1. The van der Waals surface area contributed by atoms with Gasteiger partial charge in [0.25, 0.3) is 0 Å². The molecule has 0 bridgehead atoms. The zero-order valence-corrected chi connectivity index (χ0v) is 15.9. The highest BCUT2D eigenvalue weighted by atomic mass is 16.2. The van der Waals surface area contributed by atoms with Crippen LogP contribution in [0.4, 0.5) is 0 Å². The van der Waals surface area contributed by atoms with Gasteiger partial charge in [-0.3, -0.25) is 9.59 Å². The maximum absolute atomic E-state index is 13.1. The molecule has 6 atom stereocenters. The summed E-state index contributed by atoms with van der Waals surface area (Å²) in [6.45, 7) is 8.47. The summed E-state index contributed by atoms with van der Waals surface area (Å²) in [6, 6.07) is 0. The summed E-state index contributed by atoms with van der Waals surface area (Å²) >= 11 is 0. The van der Waals surface area contributed by atoms with E-state index >= 15 is 0 Å². The monoisotopic (exact) mass is 341 g/mol. The molecule has 1 unspecified atom stereocenters. The molecule has 3 heteroatoms. The first kappa shape index (κ1) is 17.1. The Morgan fingerprint density at radius 3 is 2.72 bits per heavy atom. The first-order valence-electron chi connectivity index (χ1n) is 9.95. The van der Waals surface area contributed by atoms with E-state index < -0.39 is 0 Å². The lowest BCUT2D eigenvalue weighted by Gasteiger charge is -2.57. The normalized spacial score (nSPS) is 46.2. The Morgan fingerprint density at radius 2 is 2.00 bits per heavy atom. The Hall–Kier alpha value is -1.38. The number of nitrogens with zero attached hydrogens (tertiary/aromatic N) is 1. The van der Waals surface area contributed by atoms with E-state index in [2.05, 4.69) is 26.5 Å². The molecular weight excluding hydrogens is 310 g/mol. The largest absolute Gasteiger partial charge is 0.319 e. The van der Waals surface area contributed by atoms with E-state index in [4.69, 9.17) is 0 Å². The summed E-state index contributed by atoms with van der Waals surface area (Å²) < 4.78 is 0. The second kappa shape index (κ2) is 5.56. The molecule has 0 spiro atoms. The maximum atomic E-state index is 13.1. The van der Waals surface area contributed by atoms with Crippen molar-refractivity contribution in [2.75, 3.05) is 7.05 Å². The summed E-state index contributed by atoms with van der Waals surface area (Å²) in [5.41, 5.74) is 1.22. The van der Waals surface area contributed by atoms with E-state index in [1.54, 1.807) is 0 Å². The van der Waals surface area contributed by atoms with Crippen molar-refractivity contribution in [1.82, 2.24) is 4.90 Å². The van der Waals surface area contributed by atoms with Crippen molar-refractivity contribution in [3.8, 4) is 0 Å². The van der Waals surface area contributed by atoms with Gasteiger partial charge in [-0.25, -0.2) is 0 Å². The topological polar surface area (TPSA) is 37.4 Å². The van der Waals surface area contributed by atoms with Crippen LogP contribution in [-0.4, -0.2) is 23.6 Å². The molecule has 0 radical (unpaired) electrons. The number of fused-ring (bicyclic) bond motifs is 5. The fourth-order valence-electron chi connectivity index (χ4n) is 6.93. The van der Waals surface area contributed by atoms with Crippen LogP contribution >= 0.6 is 0 Å². The number of Topliss-reactive ketones (excluding diaryl/α,β-unsaturated/α-hetero) is 1. The van der Waals surface area contributed by atoms with E-state index in [9.17, 15) is 9.59 Å². The molecule has 0 aromatic carbocycles. The highest BCUT2D eigenvalue weighted by Crippen LogP contribution is 2.64. The summed E-state index contributed by atoms with van der Waals surface area (Å²) in [4.78, 5) is 27.2. The average Bonchev–Trinajstić information content (AvgIpc) is 2.84. The molecular formula is C22H31NO2. The van der Waals surface area contributed by atoms with E-state index in [0.717, 1.165) is 38.5 Å². The third-order valence-electron chi connectivity index (χ3n) is 8.33. The number of likely N-dealkylation sites (tertiary alicyclic amines) is 1. The summed E-state index contributed by atoms with van der Waals surface area (Å²) in [5, 5.41) is 0. The molecule has 0 aromatic heterocycles. The van der Waals surface area contributed by atoms with Crippen molar-refractivity contribution in [2.45, 2.75) is 58.8 Å². The van der Waals surface area contributed by atoms with Crippen molar-refractivity contribution < 1.29 is 9.59 Å². The van der Waals surface area contributed by atoms with Crippen LogP contribution in [0.1, 0.15) is 58.8 Å². The van der Waals surface area contributed by atoms with Gasteiger partial charge in [0, 0.05) is 35.9 Å². The number of rotatable bonds is 2. The third-order valence-corrected chi connectivity index (χ3v) is 8.33. The van der Waals surface area contributed by atoms with E-state index in [1.165, 1.54) is 5.70 Å². The molecule has 0 aromatic rings. The first-order valence-corrected chi connectivity index (χ1v) is 9.95. The number of carbonyl (C=O) groups is 2. The Labute approximate surface area is 151 Å². The first-order chi connectivity index (χ1) is 11.8. The van der Waals surface area contributed by atoms with Gasteiger partial charge in [-0.15, -0.1) is 6.58 Å². The second-order valence-electron chi connectivity index (χ2n) is 9.35. The number of ketones is 1. The van der Waals surface area contributed by atoms with Gasteiger partial charge in [0.2, 0.25) is 5.91 Å². The van der Waals surface area contributed by atoms with Crippen molar-refractivity contribution in [2.24, 2.45) is 34.5 Å². The lowest BCUT2D eigenvalue weighted by atomic mass is 9.50. The summed E-state index contributed by atoms with van der Waals surface area (Å²) in [7, 11) is 1.94. The molecule has 3 aliphatic carbocycles. The van der Waals surface area contributed by atoms with Crippen LogP contribution in [-0.2, 0) is 9.59 Å². The van der Waals surface area contributed by atoms with Crippen LogP contribution in [0.15, 0.2) is 24.4 Å². The molecule has 4 rings (SSSR count). The molecule has 1 amide bonds. The van der Waals surface area contributed by atoms with E-state index in [0.29, 0.717) is 30.0 Å². The molecule has 1 heterocycles. The van der Waals surface area contributed by atoms with Gasteiger partial charge in [0.15, 0.2) is 0 Å². The fraction of sp³-hybridized carbons (Fsp3) is 0.727. The Balaban J connectivity index is 1.69. The predicted molar refractivity (Wildman–Crippen MR) is 98.6 cm³/mol. The second-order valence-corrected chi connectivity index (χ2v) is 9.35. The Bertz CT molecular complexity index is 665. The van der Waals surface area contributed by atoms with Gasteiger partial charge in [-0.2, -0.15) is 0 Å². The minimum Gasteiger partial charge on any atom is -0.319 e. The van der Waals surface area contributed by atoms with Crippen LogP contribution in [0.3, 0.4) is 0 Å². The minimum absolute atomic E-state index is 0.104. The van der Waals surface area contributed by atoms with Gasteiger partial charge >= 0.3 is 0 Å². The highest BCUT2D eigenvalue weighted by Gasteiger charge is 2.61. The molecule has 0 N–H and O–H groups in total. The van der Waals surface area contributed by atoms with Gasteiger partial charge in [0.1, 0.15) is 5.78 Å².